The van der Waals surface area contributed by atoms with E-state index in [0.29, 0.717) is 0 Å². The van der Waals surface area contributed by atoms with E-state index in [1.54, 1.807) is 6.26 Å². The van der Waals surface area contributed by atoms with Crippen LogP contribution in [-0.4, -0.2) is 12.2 Å². The van der Waals surface area contributed by atoms with Crippen LogP contribution >= 0.6 is 0 Å². The zero-order chi connectivity index (χ0) is 9.26. The van der Waals surface area contributed by atoms with E-state index in [-0.39, 0.29) is 18.5 Å². The summed E-state index contributed by atoms with van der Waals surface area (Å²) in [5, 5.41) is 0. The van der Waals surface area contributed by atoms with E-state index in [1.807, 2.05) is 12.1 Å². The molecule has 13 heavy (non-hydrogen) atoms. The van der Waals surface area contributed by atoms with Crippen LogP contribution in [0.3, 0.4) is 0 Å². The Hall–Kier alpha value is -0.800. The molecule has 1 fully saturated rings. The number of hydrogen-bond donors (Lipinski definition) is 0. The molecule has 2 atom stereocenters. The quantitative estimate of drug-likeness (QED) is 0.668. The van der Waals surface area contributed by atoms with Gasteiger partial charge in [-0.1, -0.05) is 0 Å². The number of ether oxygens (including phenoxy) is 2. The van der Waals surface area contributed by atoms with Crippen molar-refractivity contribution < 1.29 is 13.9 Å². The fourth-order valence-corrected chi connectivity index (χ4v) is 1.59. The molecule has 1 aromatic heterocycles. The summed E-state index contributed by atoms with van der Waals surface area (Å²) in [7, 11) is 0. The summed E-state index contributed by atoms with van der Waals surface area (Å²) in [5.74, 6) is 0.749. The Bertz CT molecular complexity index is 245. The average molecular weight is 182 g/mol. The van der Waals surface area contributed by atoms with Crippen molar-refractivity contribution in [3.8, 4) is 0 Å². The van der Waals surface area contributed by atoms with Gasteiger partial charge in [-0.05, 0) is 32.4 Å². The minimum absolute atomic E-state index is 0.235. The first-order valence-electron chi connectivity index (χ1n) is 4.60. The van der Waals surface area contributed by atoms with Gasteiger partial charge in [-0.15, -0.1) is 0 Å². The third kappa shape index (κ3) is 1.92. The van der Waals surface area contributed by atoms with Gasteiger partial charge >= 0.3 is 0 Å². The molecule has 0 saturated carbocycles. The minimum atomic E-state index is -0.325. The second kappa shape index (κ2) is 3.52. The van der Waals surface area contributed by atoms with Crippen molar-refractivity contribution in [2.24, 2.45) is 0 Å². The first-order chi connectivity index (χ1) is 6.25. The van der Waals surface area contributed by atoms with Gasteiger partial charge in [0.2, 0.25) is 6.29 Å². The summed E-state index contributed by atoms with van der Waals surface area (Å²) in [6.07, 6.45) is 2.72. The molecular weight excluding hydrogens is 168 g/mol. The third-order valence-electron chi connectivity index (χ3n) is 2.15. The lowest BCUT2D eigenvalue weighted by molar-refractivity contribution is -0.246. The molecule has 0 aromatic carbocycles. The van der Waals surface area contributed by atoms with E-state index in [2.05, 4.69) is 13.8 Å². The van der Waals surface area contributed by atoms with Crippen LogP contribution in [0.4, 0.5) is 0 Å². The van der Waals surface area contributed by atoms with Crippen molar-refractivity contribution in [1.29, 1.82) is 0 Å². The summed E-state index contributed by atoms with van der Waals surface area (Å²) >= 11 is 0. The minimum Gasteiger partial charge on any atom is -0.464 e. The van der Waals surface area contributed by atoms with E-state index in [0.717, 1.165) is 12.2 Å². The lowest BCUT2D eigenvalue weighted by atomic mass is 10.2. The Labute approximate surface area is 77.6 Å². The van der Waals surface area contributed by atoms with Crippen LogP contribution in [0.15, 0.2) is 22.8 Å². The van der Waals surface area contributed by atoms with E-state index in [9.17, 15) is 0 Å². The van der Waals surface area contributed by atoms with Gasteiger partial charge in [0.05, 0.1) is 18.5 Å². The summed E-state index contributed by atoms with van der Waals surface area (Å²) in [6.45, 7) is 4.10. The molecular formula is C10H14O3. The van der Waals surface area contributed by atoms with Gasteiger partial charge in [-0.25, -0.2) is 0 Å². The molecule has 1 aliphatic rings. The highest BCUT2D eigenvalue weighted by Crippen LogP contribution is 2.29. The summed E-state index contributed by atoms with van der Waals surface area (Å²) < 4.78 is 16.4. The molecule has 3 nitrogen and oxygen atoms in total. The second-order valence-electron chi connectivity index (χ2n) is 3.48. The van der Waals surface area contributed by atoms with Crippen molar-refractivity contribution in [2.45, 2.75) is 38.8 Å². The Morgan fingerprint density at radius 3 is 2.46 bits per heavy atom. The number of rotatable bonds is 1. The lowest BCUT2D eigenvalue weighted by Crippen LogP contribution is -2.30. The number of furan rings is 1. The molecule has 1 aliphatic heterocycles. The highest BCUT2D eigenvalue weighted by Gasteiger charge is 2.27. The van der Waals surface area contributed by atoms with Crippen molar-refractivity contribution in [1.82, 2.24) is 0 Å². The second-order valence-corrected chi connectivity index (χ2v) is 3.48. The van der Waals surface area contributed by atoms with Crippen molar-refractivity contribution in [3.63, 3.8) is 0 Å². The molecule has 0 bridgehead atoms. The largest absolute Gasteiger partial charge is 0.464 e. The highest BCUT2D eigenvalue weighted by molar-refractivity contribution is 5.00. The molecule has 0 radical (unpaired) electrons. The van der Waals surface area contributed by atoms with Gasteiger partial charge in [0.1, 0.15) is 0 Å². The fraction of sp³-hybridized carbons (Fsp3) is 0.600. The Balaban J connectivity index is 2.07. The van der Waals surface area contributed by atoms with Crippen LogP contribution in [0.2, 0.25) is 0 Å². The standard InChI is InChI=1S/C10H14O3/c1-7-6-8(2)13-10(12-7)9-4-3-5-11-9/h3-5,7-8,10H,6H2,1-2H3. The van der Waals surface area contributed by atoms with Crippen LogP contribution in [-0.2, 0) is 9.47 Å². The predicted octanol–water partition coefficient (Wildman–Crippen LogP) is 2.49. The molecule has 0 N–H and O–H groups in total. The third-order valence-corrected chi connectivity index (χ3v) is 2.15. The van der Waals surface area contributed by atoms with Crippen LogP contribution in [0.1, 0.15) is 32.3 Å². The van der Waals surface area contributed by atoms with E-state index < -0.39 is 0 Å². The molecule has 2 heterocycles. The first-order valence-corrected chi connectivity index (χ1v) is 4.60. The highest BCUT2D eigenvalue weighted by atomic mass is 16.7. The SMILES string of the molecule is CC1CC(C)OC(c2ccco2)O1. The molecule has 0 spiro atoms. The summed E-state index contributed by atoms with van der Waals surface area (Å²) in [6, 6.07) is 3.71. The first kappa shape index (κ1) is 8.78. The number of hydrogen-bond acceptors (Lipinski definition) is 3. The maximum Gasteiger partial charge on any atom is 0.217 e. The van der Waals surface area contributed by atoms with Gasteiger partial charge in [0, 0.05) is 0 Å². The summed E-state index contributed by atoms with van der Waals surface area (Å²) in [4.78, 5) is 0. The maximum absolute atomic E-state index is 5.59. The van der Waals surface area contributed by atoms with Crippen LogP contribution < -0.4 is 0 Å². The lowest BCUT2D eigenvalue weighted by Gasteiger charge is -2.31. The van der Waals surface area contributed by atoms with Crippen LogP contribution in [0.25, 0.3) is 0 Å². The van der Waals surface area contributed by atoms with Crippen LogP contribution in [0, 0.1) is 0 Å². The molecule has 2 unspecified atom stereocenters. The molecule has 0 aliphatic carbocycles. The monoisotopic (exact) mass is 182 g/mol. The molecule has 3 heteroatoms. The van der Waals surface area contributed by atoms with Gasteiger partial charge in [0.25, 0.3) is 0 Å². The molecule has 1 aromatic rings. The van der Waals surface area contributed by atoms with E-state index >= 15 is 0 Å². The van der Waals surface area contributed by atoms with E-state index in [4.69, 9.17) is 13.9 Å². The Morgan fingerprint density at radius 2 is 1.92 bits per heavy atom. The molecule has 1 saturated heterocycles. The van der Waals surface area contributed by atoms with E-state index in [1.165, 1.54) is 0 Å². The topological polar surface area (TPSA) is 31.6 Å². The Kier molecular flexibility index (Phi) is 2.38. The van der Waals surface area contributed by atoms with Gasteiger partial charge in [0.15, 0.2) is 5.76 Å². The van der Waals surface area contributed by atoms with Gasteiger partial charge in [-0.2, -0.15) is 0 Å². The summed E-state index contributed by atoms with van der Waals surface area (Å²) in [5.41, 5.74) is 0. The molecule has 0 amide bonds. The van der Waals surface area contributed by atoms with Crippen molar-refractivity contribution >= 4 is 0 Å². The predicted molar refractivity (Wildman–Crippen MR) is 47.2 cm³/mol. The fourth-order valence-electron chi connectivity index (χ4n) is 1.59. The van der Waals surface area contributed by atoms with Crippen LogP contribution in [0.5, 0.6) is 0 Å². The average Bonchev–Trinajstić information content (AvgIpc) is 2.53. The smallest absolute Gasteiger partial charge is 0.217 e. The Morgan fingerprint density at radius 1 is 1.23 bits per heavy atom. The molecule has 2 rings (SSSR count). The van der Waals surface area contributed by atoms with Gasteiger partial charge < -0.3 is 13.9 Å². The van der Waals surface area contributed by atoms with Gasteiger partial charge in [-0.3, -0.25) is 0 Å². The maximum atomic E-state index is 5.59. The van der Waals surface area contributed by atoms with Crippen molar-refractivity contribution in [3.05, 3.63) is 24.2 Å². The molecule has 72 valence electrons. The normalized spacial score (nSPS) is 34.8. The van der Waals surface area contributed by atoms with Crippen molar-refractivity contribution in [2.75, 3.05) is 0 Å². The zero-order valence-electron chi connectivity index (χ0n) is 7.90. The zero-order valence-corrected chi connectivity index (χ0v) is 7.90.